The molecular weight excluding hydrogens is 395 g/mol. The van der Waals surface area contributed by atoms with Gasteiger partial charge in [-0.25, -0.2) is 4.57 Å². The fraction of sp³-hybridized carbons (Fsp3) is 0.727. The molecule has 1 aliphatic carbocycles. The van der Waals surface area contributed by atoms with Crippen molar-refractivity contribution in [3.8, 4) is 0 Å². The van der Waals surface area contributed by atoms with Crippen LogP contribution in [-0.4, -0.2) is 61.6 Å². The average molecular weight is 436 g/mol. The molecule has 0 radical (unpaired) electrons. The first-order valence-corrected chi connectivity index (χ1v) is 13.2. The molecular formula is C22H40N6OP+. The van der Waals surface area contributed by atoms with Crippen LogP contribution in [0.25, 0.3) is 0 Å². The maximum absolute atomic E-state index is 5.50. The van der Waals surface area contributed by atoms with Crippen LogP contribution in [0.3, 0.4) is 0 Å². The Hall–Kier alpha value is -1.75. The molecule has 30 heavy (non-hydrogen) atoms. The van der Waals surface area contributed by atoms with Crippen LogP contribution in [0.15, 0.2) is 27.4 Å². The van der Waals surface area contributed by atoms with E-state index in [2.05, 4.69) is 48.7 Å². The number of aryl methyl sites for hydroxylation is 1. The lowest BCUT2D eigenvalue weighted by Gasteiger charge is -2.31. The summed E-state index contributed by atoms with van der Waals surface area (Å²) in [6.45, 7) is 11.0. The van der Waals surface area contributed by atoms with Crippen LogP contribution in [-0.2, 0) is 7.05 Å². The first-order valence-electron chi connectivity index (χ1n) is 11.0. The number of imidazole rings is 1. The van der Waals surface area contributed by atoms with Gasteiger partial charge in [-0.3, -0.25) is 15.0 Å². The lowest BCUT2D eigenvalue weighted by Crippen LogP contribution is -2.38. The molecule has 1 fully saturated rings. The van der Waals surface area contributed by atoms with Gasteiger partial charge in [-0.2, -0.15) is 0 Å². The Balaban J connectivity index is 2.27. The standard InChI is InChI=1S/C22H40N6OP/c1-9-18(21(23-4)26-30(7)8)24-17-12-11-16(3)20(15-17)25-19(10-2)22-27(5)13-14-28(22)29-6/h13-14,16-17,20H,9-12,15H2,1-8H3,(H,23,26)/q+1. The molecule has 1 aromatic heterocycles. The number of hydrogen-bond donors (Lipinski definition) is 1. The number of aromatic nitrogens is 2. The summed E-state index contributed by atoms with van der Waals surface area (Å²) >= 11 is 0. The van der Waals surface area contributed by atoms with Crippen LogP contribution >= 0.6 is 8.07 Å². The molecule has 3 unspecified atom stereocenters. The third kappa shape index (κ3) is 6.13. The second-order valence-electron chi connectivity index (χ2n) is 8.19. The molecule has 0 bridgehead atoms. The molecule has 1 aliphatic rings. The highest BCUT2D eigenvalue weighted by atomic mass is 31.1. The van der Waals surface area contributed by atoms with Crippen LogP contribution in [0.2, 0.25) is 0 Å². The van der Waals surface area contributed by atoms with E-state index in [-0.39, 0.29) is 14.1 Å². The molecule has 168 valence electrons. The van der Waals surface area contributed by atoms with E-state index in [0.717, 1.165) is 55.2 Å². The van der Waals surface area contributed by atoms with Crippen molar-refractivity contribution in [1.82, 2.24) is 9.82 Å². The van der Waals surface area contributed by atoms with Crippen molar-refractivity contribution < 1.29 is 9.40 Å². The van der Waals surface area contributed by atoms with Gasteiger partial charge in [0.1, 0.15) is 24.9 Å². The van der Waals surface area contributed by atoms with E-state index in [9.17, 15) is 0 Å². The fourth-order valence-electron chi connectivity index (χ4n) is 4.01. The van der Waals surface area contributed by atoms with Gasteiger partial charge in [-0.1, -0.05) is 20.8 Å². The quantitative estimate of drug-likeness (QED) is 0.295. The van der Waals surface area contributed by atoms with Gasteiger partial charge in [-0.05, 0) is 64.2 Å². The minimum atomic E-state index is -0.266. The van der Waals surface area contributed by atoms with Crippen LogP contribution in [0.4, 0.5) is 0 Å². The van der Waals surface area contributed by atoms with Crippen molar-refractivity contribution in [2.45, 2.75) is 65.0 Å². The number of amidine groups is 1. The first kappa shape index (κ1) is 24.5. The highest BCUT2D eigenvalue weighted by Gasteiger charge is 2.30. The van der Waals surface area contributed by atoms with Crippen molar-refractivity contribution in [2.75, 3.05) is 27.5 Å². The molecule has 0 spiro atoms. The van der Waals surface area contributed by atoms with Crippen molar-refractivity contribution in [3.63, 3.8) is 0 Å². The number of nitrogens with zero attached hydrogens (tertiary/aromatic N) is 5. The Kier molecular flexibility index (Phi) is 9.47. The molecule has 8 heteroatoms. The SMILES string of the molecule is CCC(=NC1CCC(C)C(N=C(CC)c2n(OC)cc[n+]2C)C1)C(=NC)NP(C)C. The maximum Gasteiger partial charge on any atom is 0.342 e. The zero-order valence-corrected chi connectivity index (χ0v) is 20.9. The van der Waals surface area contributed by atoms with E-state index in [0.29, 0.717) is 12.0 Å². The maximum atomic E-state index is 5.50. The van der Waals surface area contributed by atoms with Gasteiger partial charge in [0, 0.05) is 7.05 Å². The van der Waals surface area contributed by atoms with Crippen molar-refractivity contribution in [2.24, 2.45) is 27.9 Å². The van der Waals surface area contributed by atoms with E-state index < -0.39 is 0 Å². The Bertz CT molecular complexity index is 783. The van der Waals surface area contributed by atoms with E-state index in [4.69, 9.17) is 14.8 Å². The van der Waals surface area contributed by atoms with Gasteiger partial charge in [0.25, 0.3) is 0 Å². The van der Waals surface area contributed by atoms with Gasteiger partial charge in [-0.15, -0.1) is 0 Å². The number of rotatable bonds is 8. The van der Waals surface area contributed by atoms with Crippen LogP contribution in [0.5, 0.6) is 0 Å². The lowest BCUT2D eigenvalue weighted by molar-refractivity contribution is -0.673. The predicted molar refractivity (Wildman–Crippen MR) is 129 cm³/mol. The Morgan fingerprint density at radius 3 is 2.57 bits per heavy atom. The molecule has 1 N–H and O–H groups in total. The topological polar surface area (TPSA) is 67.1 Å². The van der Waals surface area contributed by atoms with Crippen molar-refractivity contribution in [3.05, 3.63) is 18.2 Å². The molecule has 0 amide bonds. The second-order valence-corrected chi connectivity index (χ2v) is 10.2. The van der Waals surface area contributed by atoms with Crippen LogP contribution < -0.4 is 14.5 Å². The highest BCUT2D eigenvalue weighted by Crippen LogP contribution is 2.30. The van der Waals surface area contributed by atoms with Gasteiger partial charge >= 0.3 is 5.82 Å². The van der Waals surface area contributed by atoms with E-state index >= 15 is 0 Å². The average Bonchev–Trinajstić information content (AvgIpc) is 3.10. The van der Waals surface area contributed by atoms with Crippen LogP contribution in [0, 0.1) is 5.92 Å². The molecule has 0 saturated heterocycles. The molecule has 0 aliphatic heterocycles. The molecule has 1 heterocycles. The monoisotopic (exact) mass is 435 g/mol. The number of aliphatic imine (C=N–C) groups is 3. The van der Waals surface area contributed by atoms with Gasteiger partial charge in [0.05, 0.1) is 24.8 Å². The minimum absolute atomic E-state index is 0.266. The smallest absolute Gasteiger partial charge is 0.342 e. The van der Waals surface area contributed by atoms with Gasteiger partial charge in [0.15, 0.2) is 6.20 Å². The van der Waals surface area contributed by atoms with E-state index in [1.807, 2.05) is 26.5 Å². The van der Waals surface area contributed by atoms with E-state index in [1.165, 1.54) is 0 Å². The zero-order chi connectivity index (χ0) is 22.3. The summed E-state index contributed by atoms with van der Waals surface area (Å²) in [5, 5.41) is 3.51. The summed E-state index contributed by atoms with van der Waals surface area (Å²) in [6.07, 6.45) is 8.93. The molecule has 2 rings (SSSR count). The van der Waals surface area contributed by atoms with Gasteiger partial charge < -0.3 is 9.92 Å². The predicted octanol–water partition coefficient (Wildman–Crippen LogP) is 3.25. The van der Waals surface area contributed by atoms with Crippen LogP contribution in [0.1, 0.15) is 58.7 Å². The van der Waals surface area contributed by atoms with Crippen molar-refractivity contribution >= 4 is 25.3 Å². The molecule has 1 saturated carbocycles. The third-order valence-corrected chi connectivity index (χ3v) is 6.36. The lowest BCUT2D eigenvalue weighted by atomic mass is 9.83. The Labute approximate surface area is 183 Å². The van der Waals surface area contributed by atoms with E-state index in [1.54, 1.807) is 11.8 Å². The zero-order valence-electron chi connectivity index (χ0n) is 20.0. The molecule has 0 aromatic carbocycles. The highest BCUT2D eigenvalue weighted by molar-refractivity contribution is 7.54. The molecule has 3 atom stereocenters. The Morgan fingerprint density at radius 2 is 2.00 bits per heavy atom. The molecule has 7 nitrogen and oxygen atoms in total. The minimum Gasteiger partial charge on any atom is -0.348 e. The van der Waals surface area contributed by atoms with Gasteiger partial charge in [0.2, 0.25) is 0 Å². The normalized spacial score (nSPS) is 23.8. The van der Waals surface area contributed by atoms with Crippen molar-refractivity contribution in [1.29, 1.82) is 0 Å². The Morgan fingerprint density at radius 1 is 1.27 bits per heavy atom. The summed E-state index contributed by atoms with van der Waals surface area (Å²) in [5.74, 6) is 2.51. The molecule has 1 aromatic rings. The summed E-state index contributed by atoms with van der Waals surface area (Å²) in [4.78, 5) is 20.3. The third-order valence-electron chi connectivity index (χ3n) is 5.71. The summed E-state index contributed by atoms with van der Waals surface area (Å²) < 4.78 is 3.87. The summed E-state index contributed by atoms with van der Waals surface area (Å²) in [5.41, 5.74) is 2.17. The number of hydrogen-bond acceptors (Lipinski definition) is 4. The summed E-state index contributed by atoms with van der Waals surface area (Å²) in [6, 6.07) is 0.565. The first-order chi connectivity index (χ1) is 14.3. The fourth-order valence-corrected chi connectivity index (χ4v) is 4.66. The summed E-state index contributed by atoms with van der Waals surface area (Å²) in [7, 11) is 5.31. The number of nitrogens with one attached hydrogen (secondary N) is 1. The largest absolute Gasteiger partial charge is 0.348 e. The second kappa shape index (κ2) is 11.6.